The van der Waals surface area contributed by atoms with Crippen molar-refractivity contribution in [1.29, 1.82) is 10.5 Å². The summed E-state index contributed by atoms with van der Waals surface area (Å²) in [5.74, 6) is 0.124. The van der Waals surface area contributed by atoms with Crippen molar-refractivity contribution in [1.82, 2.24) is 19.6 Å². The number of ether oxygens (including phenoxy) is 3. The van der Waals surface area contributed by atoms with Crippen molar-refractivity contribution in [3.63, 3.8) is 0 Å². The Morgan fingerprint density at radius 1 is 0.877 bits per heavy atom. The zero-order valence-corrected chi connectivity index (χ0v) is 34.4. The molecule has 0 aromatic carbocycles. The second kappa shape index (κ2) is 26.5. The van der Waals surface area contributed by atoms with E-state index in [9.17, 15) is 24.9 Å². The third-order valence-corrected chi connectivity index (χ3v) is 10.8. The zero-order valence-electron chi connectivity index (χ0n) is 33.5. The first-order chi connectivity index (χ1) is 27.6. The molecule has 2 unspecified atom stereocenters. The highest BCUT2D eigenvalue weighted by Crippen LogP contribution is 2.45. The van der Waals surface area contributed by atoms with E-state index in [4.69, 9.17) is 34.3 Å². The molecule has 3 aromatic rings. The lowest BCUT2D eigenvalue weighted by Crippen LogP contribution is -2.50. The summed E-state index contributed by atoms with van der Waals surface area (Å²) in [6, 6.07) is 9.90. The number of phosphoric ester groups is 1. The van der Waals surface area contributed by atoms with Gasteiger partial charge in [-0.2, -0.15) is 15.6 Å². The summed E-state index contributed by atoms with van der Waals surface area (Å²) in [6.07, 6.45) is 18.4. The van der Waals surface area contributed by atoms with Crippen molar-refractivity contribution in [3.05, 3.63) is 53.7 Å². The number of nitriles is 2. The Morgan fingerprint density at radius 3 is 2.07 bits per heavy atom. The van der Waals surface area contributed by atoms with Crippen molar-refractivity contribution >= 4 is 19.2 Å². The molecule has 0 aliphatic rings. The van der Waals surface area contributed by atoms with Crippen LogP contribution in [0.15, 0.2) is 36.8 Å². The van der Waals surface area contributed by atoms with Gasteiger partial charge in [0.2, 0.25) is 5.60 Å². The van der Waals surface area contributed by atoms with Crippen molar-refractivity contribution < 1.29 is 42.9 Å². The van der Waals surface area contributed by atoms with Gasteiger partial charge < -0.3 is 35.1 Å². The Balaban J connectivity index is 1.43. The van der Waals surface area contributed by atoms with Gasteiger partial charge in [-0.1, -0.05) is 109 Å². The number of nitrogens with zero attached hydrogens (tertiary/aromatic N) is 6. The fourth-order valence-electron chi connectivity index (χ4n) is 6.32. The lowest BCUT2D eigenvalue weighted by Gasteiger charge is -2.33. The van der Waals surface area contributed by atoms with Gasteiger partial charge in [-0.15, -0.1) is 0 Å². The number of nitrogens with two attached hydrogens (primary N) is 1. The quantitative estimate of drug-likeness (QED) is 0.0371. The molecule has 0 aliphatic carbocycles. The third-order valence-electron chi connectivity index (χ3n) is 9.88. The minimum Gasteiger partial charge on any atom is -0.386 e. The van der Waals surface area contributed by atoms with Crippen molar-refractivity contribution in [2.45, 2.75) is 140 Å². The van der Waals surface area contributed by atoms with Crippen LogP contribution in [0.3, 0.4) is 0 Å². The van der Waals surface area contributed by atoms with E-state index < -0.39 is 44.9 Å². The number of anilines is 1. The molecule has 57 heavy (non-hydrogen) atoms. The highest BCUT2D eigenvalue weighted by molar-refractivity contribution is 7.47. The number of hydrogen-bond donors (Lipinski definition) is 4. The van der Waals surface area contributed by atoms with Crippen LogP contribution in [-0.4, -0.2) is 86.0 Å². The van der Waals surface area contributed by atoms with Crippen molar-refractivity contribution in [2.24, 2.45) is 0 Å². The number of hydrogen-bond acceptors (Lipinski definition) is 14. The first-order valence-electron chi connectivity index (χ1n) is 20.2. The highest BCUT2D eigenvalue weighted by Gasteiger charge is 2.46. The number of nitrogen functional groups attached to an aromatic ring is 1. The molecule has 3 aromatic heterocycles. The standard InChI is InChI=1S/C40H62N7O9P/c1-3-4-5-6-7-8-9-10-11-12-13-14-15-16-17-18-23-53-27-34(54-26-32-19-20-33(24-41)44-25-32)28-55-57(50,51)56-30-40(29-42,52-2)38(49)37(48)35-21-22-36-39(43)45-31-46-47(35)36/h19-22,25,31,34,37-38,48-49H,3-18,23,26-28,30H2,1-2H3,(H,50,51)(H2,43,45,46)/t34-,37-,38-,40?/m0/s1. The molecular weight excluding hydrogens is 753 g/mol. The molecular formula is C40H62N7O9P. The fourth-order valence-corrected chi connectivity index (χ4v) is 7.10. The minimum absolute atomic E-state index is 0.0485. The third kappa shape index (κ3) is 16.7. The van der Waals surface area contributed by atoms with Gasteiger partial charge in [-0.05, 0) is 30.2 Å². The number of pyridine rings is 1. The second-order valence-electron chi connectivity index (χ2n) is 14.3. The van der Waals surface area contributed by atoms with E-state index in [0.29, 0.717) is 17.7 Å². The highest BCUT2D eigenvalue weighted by atomic mass is 31.2. The summed E-state index contributed by atoms with van der Waals surface area (Å²) in [5.41, 5.74) is 4.88. The minimum atomic E-state index is -4.88. The average molecular weight is 816 g/mol. The lowest BCUT2D eigenvalue weighted by atomic mass is 9.93. The number of aromatic nitrogens is 4. The molecule has 0 aliphatic heterocycles. The van der Waals surface area contributed by atoms with Crippen molar-refractivity contribution in [3.8, 4) is 12.1 Å². The topological polar surface area (TPSA) is 241 Å². The predicted molar refractivity (Wildman–Crippen MR) is 213 cm³/mol. The molecule has 5 atom stereocenters. The Labute approximate surface area is 336 Å². The number of methoxy groups -OCH3 is 1. The van der Waals surface area contributed by atoms with Crippen LogP contribution >= 0.6 is 7.82 Å². The molecule has 17 heteroatoms. The second-order valence-corrected chi connectivity index (χ2v) is 15.8. The Kier molecular flexibility index (Phi) is 22.2. The molecule has 0 radical (unpaired) electrons. The van der Waals surface area contributed by atoms with Crippen LogP contribution in [-0.2, 0) is 34.4 Å². The Morgan fingerprint density at radius 2 is 1.51 bits per heavy atom. The molecule has 3 rings (SSSR count). The van der Waals surface area contributed by atoms with E-state index in [-0.39, 0.29) is 30.4 Å². The molecule has 5 N–H and O–H groups in total. The maximum absolute atomic E-state index is 13.0. The van der Waals surface area contributed by atoms with Gasteiger partial charge in [0.25, 0.3) is 0 Å². The summed E-state index contributed by atoms with van der Waals surface area (Å²) >= 11 is 0. The SMILES string of the molecule is CCCCCCCCCCCCCCCCCCOC[C@@H](COP(=O)(O)OCC(C#N)(OC)[C@@H](O)[C@@H](O)c1ccc2c(N)ncnn12)OCc1ccc(C#N)nc1. The van der Waals surface area contributed by atoms with Crippen LogP contribution in [0.25, 0.3) is 5.52 Å². The summed E-state index contributed by atoms with van der Waals surface area (Å²) < 4.78 is 41.7. The number of fused-ring (bicyclic) bond motifs is 1. The Bertz CT molecular complexity index is 1700. The van der Waals surface area contributed by atoms with Gasteiger partial charge in [0, 0.05) is 19.9 Å². The predicted octanol–water partition coefficient (Wildman–Crippen LogP) is 6.88. The van der Waals surface area contributed by atoms with Gasteiger partial charge in [-0.3, -0.25) is 9.05 Å². The molecule has 0 fully saturated rings. The van der Waals surface area contributed by atoms with E-state index in [0.717, 1.165) is 32.7 Å². The summed E-state index contributed by atoms with van der Waals surface area (Å²) in [7, 11) is -3.80. The number of aliphatic hydroxyl groups excluding tert-OH is 2. The van der Waals surface area contributed by atoms with Crippen LogP contribution < -0.4 is 5.73 Å². The maximum Gasteiger partial charge on any atom is 0.472 e. The molecule has 316 valence electrons. The number of rotatable bonds is 32. The normalized spacial score (nSPS) is 15.4. The molecule has 0 amide bonds. The van der Waals surface area contributed by atoms with E-state index >= 15 is 0 Å². The van der Waals surface area contributed by atoms with Crippen LogP contribution in [0.2, 0.25) is 0 Å². The van der Waals surface area contributed by atoms with Gasteiger partial charge in [0.15, 0.2) is 5.82 Å². The molecule has 0 saturated carbocycles. The summed E-state index contributed by atoms with van der Waals surface area (Å²) in [4.78, 5) is 18.5. The molecule has 3 heterocycles. The van der Waals surface area contributed by atoms with Crippen LogP contribution in [0.1, 0.15) is 133 Å². The van der Waals surface area contributed by atoms with E-state index in [2.05, 4.69) is 22.0 Å². The molecule has 0 bridgehead atoms. The number of phosphoric acid groups is 1. The number of aliphatic hydroxyl groups is 2. The van der Waals surface area contributed by atoms with Gasteiger partial charge >= 0.3 is 7.82 Å². The zero-order chi connectivity index (χ0) is 41.4. The first kappa shape index (κ1) is 47.8. The molecule has 0 spiro atoms. The van der Waals surface area contributed by atoms with Crippen LogP contribution in [0.5, 0.6) is 0 Å². The summed E-state index contributed by atoms with van der Waals surface area (Å²) in [6.45, 7) is 1.45. The first-order valence-corrected chi connectivity index (χ1v) is 21.7. The lowest BCUT2D eigenvalue weighted by molar-refractivity contribution is -0.134. The molecule has 0 saturated heterocycles. The van der Waals surface area contributed by atoms with Crippen molar-refractivity contribution in [2.75, 3.05) is 39.3 Å². The van der Waals surface area contributed by atoms with Crippen LogP contribution in [0.4, 0.5) is 5.82 Å². The Hall–Kier alpha value is -3.54. The van der Waals surface area contributed by atoms with Crippen LogP contribution in [0, 0.1) is 22.7 Å². The fraction of sp³-hybridized carbons (Fsp3) is 0.675. The van der Waals surface area contributed by atoms with E-state index in [1.54, 1.807) is 18.2 Å². The smallest absolute Gasteiger partial charge is 0.386 e. The largest absolute Gasteiger partial charge is 0.472 e. The van der Waals surface area contributed by atoms with Gasteiger partial charge in [-0.25, -0.2) is 19.0 Å². The van der Waals surface area contributed by atoms with Gasteiger partial charge in [0.05, 0.1) is 25.5 Å². The van der Waals surface area contributed by atoms with Gasteiger partial charge in [0.1, 0.15) is 54.6 Å². The number of unbranched alkanes of at least 4 members (excludes halogenated alkanes) is 15. The van der Waals surface area contributed by atoms with E-state index in [1.165, 1.54) is 106 Å². The maximum atomic E-state index is 13.0. The summed E-state index contributed by atoms with van der Waals surface area (Å²) in [5, 5.41) is 45.2. The average Bonchev–Trinajstić information content (AvgIpc) is 3.67. The monoisotopic (exact) mass is 815 g/mol. The van der Waals surface area contributed by atoms with E-state index in [1.807, 2.05) is 6.07 Å². The molecule has 16 nitrogen and oxygen atoms in total.